The molecule has 0 amide bonds. The number of carbonyl (C=O) groups excluding carboxylic acids is 1. The fourth-order valence-corrected chi connectivity index (χ4v) is 1.07. The van der Waals surface area contributed by atoms with Gasteiger partial charge in [0.1, 0.15) is 0 Å². The van der Waals surface area contributed by atoms with Gasteiger partial charge in [0.05, 0.1) is 12.0 Å². The van der Waals surface area contributed by atoms with Gasteiger partial charge in [-0.15, -0.1) is 6.58 Å². The van der Waals surface area contributed by atoms with E-state index in [1.807, 2.05) is 19.9 Å². The van der Waals surface area contributed by atoms with Crippen molar-refractivity contribution in [1.82, 2.24) is 0 Å². The second kappa shape index (κ2) is 3.07. The van der Waals surface area contributed by atoms with Gasteiger partial charge in [-0.3, -0.25) is 4.79 Å². The monoisotopic (exact) mass is 154 g/mol. The van der Waals surface area contributed by atoms with Gasteiger partial charge in [0.15, 0.2) is 0 Å². The predicted molar refractivity (Wildman–Crippen MR) is 43.0 cm³/mol. The van der Waals surface area contributed by atoms with Gasteiger partial charge in [-0.1, -0.05) is 6.08 Å². The number of hydrogen-bond acceptors (Lipinski definition) is 2. The lowest BCUT2D eigenvalue weighted by Gasteiger charge is -2.06. The third-order valence-corrected chi connectivity index (χ3v) is 1.80. The molecule has 1 rings (SSSR count). The Hall–Kier alpha value is -0.790. The fraction of sp³-hybridized carbons (Fsp3) is 0.667. The minimum Gasteiger partial charge on any atom is -0.463 e. The summed E-state index contributed by atoms with van der Waals surface area (Å²) in [6.45, 7) is 7.36. The van der Waals surface area contributed by atoms with E-state index in [1.165, 1.54) is 0 Å². The summed E-state index contributed by atoms with van der Waals surface area (Å²) in [5.74, 6) is 0.418. The first-order chi connectivity index (χ1) is 5.15. The van der Waals surface area contributed by atoms with Crippen molar-refractivity contribution in [3.8, 4) is 0 Å². The molecular weight excluding hydrogens is 140 g/mol. The standard InChI is InChI=1S/C9H14O2/c1-4-7-5-8(7)9(10)11-6(2)3/h4,6-8H,1,5H2,2-3H3. The maximum absolute atomic E-state index is 11.1. The molecule has 62 valence electrons. The first kappa shape index (κ1) is 8.31. The molecule has 11 heavy (non-hydrogen) atoms. The van der Waals surface area contributed by atoms with Gasteiger partial charge in [0.2, 0.25) is 0 Å². The molecule has 0 N–H and O–H groups in total. The molecule has 2 nitrogen and oxygen atoms in total. The van der Waals surface area contributed by atoms with Crippen molar-refractivity contribution >= 4 is 5.97 Å². The fourth-order valence-electron chi connectivity index (χ4n) is 1.07. The van der Waals surface area contributed by atoms with Gasteiger partial charge in [0.25, 0.3) is 0 Å². The third-order valence-electron chi connectivity index (χ3n) is 1.80. The van der Waals surface area contributed by atoms with E-state index in [0.717, 1.165) is 6.42 Å². The summed E-state index contributed by atoms with van der Waals surface area (Å²) in [5, 5.41) is 0. The zero-order chi connectivity index (χ0) is 8.43. The second-order valence-corrected chi connectivity index (χ2v) is 3.23. The van der Waals surface area contributed by atoms with Crippen LogP contribution in [-0.4, -0.2) is 12.1 Å². The summed E-state index contributed by atoms with van der Waals surface area (Å²) in [5.41, 5.74) is 0. The van der Waals surface area contributed by atoms with E-state index < -0.39 is 0 Å². The largest absolute Gasteiger partial charge is 0.463 e. The van der Waals surface area contributed by atoms with Crippen LogP contribution in [0.1, 0.15) is 20.3 Å². The summed E-state index contributed by atoms with van der Waals surface area (Å²) in [6, 6.07) is 0. The number of carbonyl (C=O) groups is 1. The zero-order valence-electron chi connectivity index (χ0n) is 7.04. The maximum atomic E-state index is 11.1. The molecule has 1 aliphatic carbocycles. The highest BCUT2D eigenvalue weighted by molar-refractivity contribution is 5.76. The number of allylic oxidation sites excluding steroid dienone is 1. The highest BCUT2D eigenvalue weighted by Gasteiger charge is 2.42. The van der Waals surface area contributed by atoms with Crippen LogP contribution in [-0.2, 0) is 9.53 Å². The molecule has 2 unspecified atom stereocenters. The van der Waals surface area contributed by atoms with E-state index in [0.29, 0.717) is 5.92 Å². The lowest BCUT2D eigenvalue weighted by molar-refractivity contribution is -0.149. The third kappa shape index (κ3) is 2.07. The molecule has 2 atom stereocenters. The molecule has 1 aliphatic rings. The molecule has 1 fully saturated rings. The van der Waals surface area contributed by atoms with Crippen LogP contribution in [0.2, 0.25) is 0 Å². The summed E-state index contributed by atoms with van der Waals surface area (Å²) in [4.78, 5) is 11.1. The molecule has 0 aliphatic heterocycles. The van der Waals surface area contributed by atoms with Gasteiger partial charge >= 0.3 is 5.97 Å². The second-order valence-electron chi connectivity index (χ2n) is 3.23. The smallest absolute Gasteiger partial charge is 0.309 e. The van der Waals surface area contributed by atoms with Crippen molar-refractivity contribution < 1.29 is 9.53 Å². The Morgan fingerprint density at radius 3 is 2.73 bits per heavy atom. The lowest BCUT2D eigenvalue weighted by Crippen LogP contribution is -2.13. The molecule has 0 radical (unpaired) electrons. The highest BCUT2D eigenvalue weighted by atomic mass is 16.5. The van der Waals surface area contributed by atoms with Crippen molar-refractivity contribution in [1.29, 1.82) is 0 Å². The number of esters is 1. The first-order valence-corrected chi connectivity index (χ1v) is 3.98. The van der Waals surface area contributed by atoms with E-state index in [4.69, 9.17) is 4.74 Å². The van der Waals surface area contributed by atoms with Gasteiger partial charge in [-0.25, -0.2) is 0 Å². The van der Waals surface area contributed by atoms with Gasteiger partial charge < -0.3 is 4.74 Å². The topological polar surface area (TPSA) is 26.3 Å². The van der Waals surface area contributed by atoms with Crippen molar-refractivity contribution in [3.63, 3.8) is 0 Å². The Bertz CT molecular complexity index is 172. The molecule has 0 spiro atoms. The Kier molecular flexibility index (Phi) is 2.32. The Morgan fingerprint density at radius 1 is 1.73 bits per heavy atom. The number of hydrogen-bond donors (Lipinski definition) is 0. The van der Waals surface area contributed by atoms with Crippen LogP contribution in [0.25, 0.3) is 0 Å². The summed E-state index contributed by atoms with van der Waals surface area (Å²) >= 11 is 0. The molecule has 0 saturated heterocycles. The average Bonchev–Trinajstić information content (AvgIpc) is 2.63. The van der Waals surface area contributed by atoms with Gasteiger partial charge in [-0.05, 0) is 26.2 Å². The minimum absolute atomic E-state index is 0.00793. The Balaban J connectivity index is 2.28. The first-order valence-electron chi connectivity index (χ1n) is 3.98. The SMILES string of the molecule is C=CC1CC1C(=O)OC(C)C. The van der Waals surface area contributed by atoms with Gasteiger partial charge in [-0.2, -0.15) is 0 Å². The van der Waals surface area contributed by atoms with E-state index in [2.05, 4.69) is 6.58 Å². The van der Waals surface area contributed by atoms with Crippen molar-refractivity contribution in [2.24, 2.45) is 11.8 Å². The van der Waals surface area contributed by atoms with Crippen LogP contribution in [0.15, 0.2) is 12.7 Å². The molecule has 0 aromatic carbocycles. The summed E-state index contributed by atoms with van der Waals surface area (Å²) < 4.78 is 5.02. The van der Waals surface area contributed by atoms with Crippen LogP contribution in [0.4, 0.5) is 0 Å². The predicted octanol–water partition coefficient (Wildman–Crippen LogP) is 1.76. The quantitative estimate of drug-likeness (QED) is 0.457. The molecular formula is C9H14O2. The molecule has 0 aromatic rings. The molecule has 0 heterocycles. The summed E-state index contributed by atoms with van der Waals surface area (Å²) in [7, 11) is 0. The molecule has 2 heteroatoms. The molecule has 1 saturated carbocycles. The van der Waals surface area contributed by atoms with Crippen LogP contribution in [0, 0.1) is 11.8 Å². The van der Waals surface area contributed by atoms with Crippen LogP contribution in [0.5, 0.6) is 0 Å². The minimum atomic E-state index is -0.0649. The number of rotatable bonds is 3. The normalized spacial score (nSPS) is 28.3. The van der Waals surface area contributed by atoms with Crippen molar-refractivity contribution in [2.45, 2.75) is 26.4 Å². The van der Waals surface area contributed by atoms with E-state index in [9.17, 15) is 4.79 Å². The number of ether oxygens (including phenoxy) is 1. The van der Waals surface area contributed by atoms with Gasteiger partial charge in [0, 0.05) is 0 Å². The zero-order valence-corrected chi connectivity index (χ0v) is 7.04. The van der Waals surface area contributed by atoms with Crippen LogP contribution < -0.4 is 0 Å². The Labute approximate surface area is 67.2 Å². The van der Waals surface area contributed by atoms with Crippen molar-refractivity contribution in [3.05, 3.63) is 12.7 Å². The molecule has 0 aromatic heterocycles. The Morgan fingerprint density at radius 2 is 2.36 bits per heavy atom. The van der Waals surface area contributed by atoms with Crippen molar-refractivity contribution in [2.75, 3.05) is 0 Å². The van der Waals surface area contributed by atoms with Crippen LogP contribution in [0.3, 0.4) is 0 Å². The lowest BCUT2D eigenvalue weighted by atomic mass is 10.3. The van der Waals surface area contributed by atoms with E-state index in [-0.39, 0.29) is 18.0 Å². The summed E-state index contributed by atoms with van der Waals surface area (Å²) in [6.07, 6.45) is 2.76. The average molecular weight is 154 g/mol. The maximum Gasteiger partial charge on any atom is 0.309 e. The van der Waals surface area contributed by atoms with Crippen LogP contribution >= 0.6 is 0 Å². The van der Waals surface area contributed by atoms with E-state index >= 15 is 0 Å². The molecule has 0 bridgehead atoms. The van der Waals surface area contributed by atoms with E-state index in [1.54, 1.807) is 0 Å². The highest BCUT2D eigenvalue weighted by Crippen LogP contribution is 2.40.